The summed E-state index contributed by atoms with van der Waals surface area (Å²) in [6, 6.07) is 17.1. The molecule has 1 aromatic heterocycles. The van der Waals surface area contributed by atoms with Crippen molar-refractivity contribution in [3.05, 3.63) is 90.0 Å². The molecule has 2 amide bonds. The number of nitrogens with zero attached hydrogens (tertiary/aromatic N) is 3. The van der Waals surface area contributed by atoms with E-state index in [0.29, 0.717) is 12.1 Å². The Morgan fingerprint density at radius 1 is 1.06 bits per heavy atom. The molecule has 2 saturated heterocycles. The summed E-state index contributed by atoms with van der Waals surface area (Å²) in [6.07, 6.45) is 3.10. The second-order valence-electron chi connectivity index (χ2n) is 8.20. The van der Waals surface area contributed by atoms with Crippen molar-refractivity contribution in [2.75, 3.05) is 19.7 Å². The van der Waals surface area contributed by atoms with Crippen LogP contribution < -0.4 is 0 Å². The van der Waals surface area contributed by atoms with Crippen LogP contribution in [-0.2, 0) is 4.79 Å². The monoisotopic (exact) mass is 431 g/mol. The Balaban J connectivity index is 1.38. The number of rotatable bonds is 4. The summed E-state index contributed by atoms with van der Waals surface area (Å²) in [5, 5.41) is 9.97. The van der Waals surface area contributed by atoms with Gasteiger partial charge in [0.1, 0.15) is 12.4 Å². The van der Waals surface area contributed by atoms with Crippen LogP contribution in [0.2, 0.25) is 0 Å². The zero-order valence-corrected chi connectivity index (χ0v) is 17.3. The summed E-state index contributed by atoms with van der Waals surface area (Å²) in [5.41, 5.74) is 3.32. The quantitative estimate of drug-likeness (QED) is 0.690. The molecule has 0 unspecified atom stereocenters. The Hall–Kier alpha value is -3.58. The second kappa shape index (κ2) is 8.16. The predicted molar refractivity (Wildman–Crippen MR) is 116 cm³/mol. The van der Waals surface area contributed by atoms with Gasteiger partial charge in [-0.25, -0.2) is 4.39 Å². The maximum absolute atomic E-state index is 13.2. The Morgan fingerprint density at radius 2 is 1.75 bits per heavy atom. The van der Waals surface area contributed by atoms with Crippen molar-refractivity contribution in [2.45, 2.75) is 18.0 Å². The molecule has 0 saturated carbocycles. The van der Waals surface area contributed by atoms with Gasteiger partial charge in [-0.05, 0) is 41.0 Å². The van der Waals surface area contributed by atoms with E-state index in [9.17, 15) is 19.1 Å². The summed E-state index contributed by atoms with van der Waals surface area (Å²) >= 11 is 0. The van der Waals surface area contributed by atoms with Crippen molar-refractivity contribution in [3.63, 3.8) is 0 Å². The summed E-state index contributed by atoms with van der Waals surface area (Å²) in [4.78, 5) is 32.9. The third-order valence-corrected chi connectivity index (χ3v) is 6.42. The number of piperazine rings is 1. The number of aliphatic hydroxyl groups excluding tert-OH is 1. The highest BCUT2D eigenvalue weighted by Gasteiger charge is 2.54. The molecule has 3 atom stereocenters. The van der Waals surface area contributed by atoms with Crippen molar-refractivity contribution in [1.82, 2.24) is 14.8 Å². The summed E-state index contributed by atoms with van der Waals surface area (Å²) < 4.78 is 13.2. The van der Waals surface area contributed by atoms with E-state index in [1.807, 2.05) is 24.3 Å². The van der Waals surface area contributed by atoms with Crippen molar-refractivity contribution in [1.29, 1.82) is 0 Å². The SMILES string of the molecule is O=C(c1cccnc1)N1CC(=O)N2[C@H](CO)[C@@H](c3ccc(-c4ccc(F)cc4)cc3)[C@@H]2C1. The van der Waals surface area contributed by atoms with E-state index in [-0.39, 0.29) is 48.8 Å². The number of fused-ring (bicyclic) bond motifs is 1. The summed E-state index contributed by atoms with van der Waals surface area (Å²) in [7, 11) is 0. The average Bonchev–Trinajstić information content (AvgIpc) is 2.81. The Labute approximate surface area is 184 Å². The molecule has 2 fully saturated rings. The highest BCUT2D eigenvalue weighted by molar-refractivity contribution is 5.97. The van der Waals surface area contributed by atoms with E-state index in [1.165, 1.54) is 18.3 Å². The number of halogens is 1. The normalized spacial score (nSPS) is 22.3. The Kier molecular flexibility index (Phi) is 5.19. The fraction of sp³-hybridized carbons (Fsp3) is 0.240. The van der Waals surface area contributed by atoms with E-state index in [4.69, 9.17) is 0 Å². The van der Waals surface area contributed by atoms with Crippen LogP contribution >= 0.6 is 0 Å². The van der Waals surface area contributed by atoms with Gasteiger partial charge in [-0.3, -0.25) is 14.6 Å². The van der Waals surface area contributed by atoms with Crippen LogP contribution in [0.1, 0.15) is 21.8 Å². The smallest absolute Gasteiger partial charge is 0.255 e. The molecular weight excluding hydrogens is 409 g/mol. The molecular formula is C25H22FN3O3. The molecule has 3 heterocycles. The molecule has 0 bridgehead atoms. The maximum Gasteiger partial charge on any atom is 0.255 e. The van der Waals surface area contributed by atoms with E-state index in [0.717, 1.165) is 16.7 Å². The number of amides is 2. The van der Waals surface area contributed by atoms with E-state index < -0.39 is 0 Å². The van der Waals surface area contributed by atoms with Gasteiger partial charge < -0.3 is 14.9 Å². The lowest BCUT2D eigenvalue weighted by molar-refractivity contribution is -0.159. The Morgan fingerprint density at radius 3 is 2.38 bits per heavy atom. The minimum Gasteiger partial charge on any atom is -0.394 e. The first-order chi connectivity index (χ1) is 15.6. The van der Waals surface area contributed by atoms with Crippen LogP contribution in [0.15, 0.2) is 73.1 Å². The Bertz CT molecular complexity index is 1140. The van der Waals surface area contributed by atoms with E-state index in [1.54, 1.807) is 40.3 Å². The topological polar surface area (TPSA) is 73.7 Å². The molecule has 162 valence electrons. The molecule has 5 rings (SSSR count). The minimum atomic E-state index is -0.306. The van der Waals surface area contributed by atoms with Crippen LogP contribution in [0.5, 0.6) is 0 Å². The third-order valence-electron chi connectivity index (χ3n) is 6.42. The maximum atomic E-state index is 13.2. The number of aromatic nitrogens is 1. The fourth-order valence-corrected chi connectivity index (χ4v) is 4.87. The number of benzene rings is 2. The van der Waals surface area contributed by atoms with Gasteiger partial charge in [0.25, 0.3) is 5.91 Å². The molecule has 3 aromatic rings. The fourth-order valence-electron chi connectivity index (χ4n) is 4.87. The molecule has 2 aromatic carbocycles. The highest BCUT2D eigenvalue weighted by Crippen LogP contribution is 2.43. The molecule has 6 nitrogen and oxygen atoms in total. The molecule has 2 aliphatic heterocycles. The number of hydrogen-bond acceptors (Lipinski definition) is 4. The van der Waals surface area contributed by atoms with E-state index in [2.05, 4.69) is 4.98 Å². The minimum absolute atomic E-state index is 0.00302. The predicted octanol–water partition coefficient (Wildman–Crippen LogP) is 2.70. The molecule has 0 spiro atoms. The van der Waals surface area contributed by atoms with Gasteiger partial charge >= 0.3 is 0 Å². The van der Waals surface area contributed by atoms with Gasteiger partial charge in [0, 0.05) is 24.9 Å². The standard InChI is InChI=1S/C25H22FN3O3/c26-20-9-7-17(8-10-20)16-3-5-18(6-4-16)24-21-13-28(14-23(31)29(21)22(24)15-30)25(32)19-2-1-11-27-12-19/h1-12,21-22,24,30H,13-15H2/t21-,22+,24-/m0/s1. The molecule has 0 aliphatic carbocycles. The molecule has 2 aliphatic rings. The van der Waals surface area contributed by atoms with Gasteiger partial charge in [0.15, 0.2) is 0 Å². The van der Waals surface area contributed by atoms with Crippen LogP contribution in [-0.4, -0.2) is 63.5 Å². The summed E-state index contributed by atoms with van der Waals surface area (Å²) in [6.45, 7) is 0.264. The van der Waals surface area contributed by atoms with Gasteiger partial charge in [0.2, 0.25) is 5.91 Å². The average molecular weight is 431 g/mol. The second-order valence-corrected chi connectivity index (χ2v) is 8.20. The number of carbonyl (C=O) groups excluding carboxylic acids is 2. The third kappa shape index (κ3) is 3.44. The van der Waals surface area contributed by atoms with Gasteiger partial charge in [-0.15, -0.1) is 0 Å². The van der Waals surface area contributed by atoms with Gasteiger partial charge in [-0.2, -0.15) is 0 Å². The lowest BCUT2D eigenvalue weighted by Crippen LogP contribution is -2.73. The number of carbonyl (C=O) groups is 2. The zero-order chi connectivity index (χ0) is 22.2. The first-order valence-electron chi connectivity index (χ1n) is 10.5. The number of pyridine rings is 1. The molecule has 7 heteroatoms. The van der Waals surface area contributed by atoms with Crippen LogP contribution in [0.4, 0.5) is 4.39 Å². The van der Waals surface area contributed by atoms with Crippen LogP contribution in [0.3, 0.4) is 0 Å². The van der Waals surface area contributed by atoms with Crippen LogP contribution in [0.25, 0.3) is 11.1 Å². The van der Waals surface area contributed by atoms with Gasteiger partial charge in [0.05, 0.1) is 24.3 Å². The molecule has 1 N–H and O–H groups in total. The van der Waals surface area contributed by atoms with Crippen molar-refractivity contribution in [3.8, 4) is 11.1 Å². The van der Waals surface area contributed by atoms with Gasteiger partial charge in [-0.1, -0.05) is 36.4 Å². The first-order valence-corrected chi connectivity index (χ1v) is 10.5. The molecule has 0 radical (unpaired) electrons. The largest absolute Gasteiger partial charge is 0.394 e. The van der Waals surface area contributed by atoms with Crippen molar-refractivity contribution >= 4 is 11.8 Å². The lowest BCUT2D eigenvalue weighted by Gasteiger charge is -2.58. The first kappa shape index (κ1) is 20.3. The van der Waals surface area contributed by atoms with Crippen molar-refractivity contribution in [2.24, 2.45) is 0 Å². The summed E-state index contributed by atoms with van der Waals surface area (Å²) in [5.74, 6) is -0.727. The highest BCUT2D eigenvalue weighted by atomic mass is 19.1. The van der Waals surface area contributed by atoms with Crippen LogP contribution in [0, 0.1) is 5.82 Å². The van der Waals surface area contributed by atoms with Crippen molar-refractivity contribution < 1.29 is 19.1 Å². The lowest BCUT2D eigenvalue weighted by atomic mass is 9.73. The zero-order valence-electron chi connectivity index (χ0n) is 17.3. The number of hydrogen-bond donors (Lipinski definition) is 1. The number of aliphatic hydroxyl groups is 1. The van der Waals surface area contributed by atoms with E-state index >= 15 is 0 Å². The molecule has 32 heavy (non-hydrogen) atoms.